The van der Waals surface area contributed by atoms with Crippen molar-refractivity contribution in [3.8, 4) is 44.5 Å². The van der Waals surface area contributed by atoms with Crippen molar-refractivity contribution in [1.82, 2.24) is 0 Å². The van der Waals surface area contributed by atoms with E-state index in [2.05, 4.69) is 229 Å². The molecule has 1 aromatic heterocycles. The van der Waals surface area contributed by atoms with Crippen molar-refractivity contribution in [3.63, 3.8) is 0 Å². The van der Waals surface area contributed by atoms with Crippen molar-refractivity contribution >= 4 is 71.3 Å². The summed E-state index contributed by atoms with van der Waals surface area (Å²) >= 11 is 0. The highest BCUT2D eigenvalue weighted by atomic mass is 16.3. The first kappa shape index (κ1) is 35.7. The van der Waals surface area contributed by atoms with Gasteiger partial charge in [-0.2, -0.15) is 0 Å². The zero-order valence-electron chi connectivity index (χ0n) is 33.9. The summed E-state index contributed by atoms with van der Waals surface area (Å²) in [7, 11) is 0. The fourth-order valence-electron chi connectivity index (χ4n) is 9.48. The molecule has 0 saturated heterocycles. The van der Waals surface area contributed by atoms with Crippen LogP contribution < -0.4 is 4.90 Å². The molecule has 0 amide bonds. The zero-order chi connectivity index (χ0) is 41.0. The number of hydrogen-bond acceptors (Lipinski definition) is 2. The largest absolute Gasteiger partial charge is 0.456 e. The molecule has 62 heavy (non-hydrogen) atoms. The van der Waals surface area contributed by atoms with Crippen molar-refractivity contribution in [1.29, 1.82) is 0 Å². The Hall–Kier alpha value is -8.20. The average Bonchev–Trinajstić information content (AvgIpc) is 3.74. The van der Waals surface area contributed by atoms with Crippen molar-refractivity contribution in [2.75, 3.05) is 4.90 Å². The lowest BCUT2D eigenvalue weighted by Gasteiger charge is -2.26. The van der Waals surface area contributed by atoms with E-state index in [-0.39, 0.29) is 0 Å². The molecule has 0 unspecified atom stereocenters. The van der Waals surface area contributed by atoms with E-state index in [1.54, 1.807) is 0 Å². The van der Waals surface area contributed by atoms with Crippen LogP contribution >= 0.6 is 0 Å². The number of hydrogen-bond donors (Lipinski definition) is 0. The molecular weight excluding hydrogens is 751 g/mol. The van der Waals surface area contributed by atoms with E-state index in [4.69, 9.17) is 4.42 Å². The highest BCUT2D eigenvalue weighted by Gasteiger charge is 2.17. The lowest BCUT2D eigenvalue weighted by atomic mass is 9.94. The van der Waals surface area contributed by atoms with Crippen LogP contribution in [0.5, 0.6) is 0 Å². The minimum Gasteiger partial charge on any atom is -0.456 e. The van der Waals surface area contributed by atoms with Crippen LogP contribution in [0, 0.1) is 0 Å². The van der Waals surface area contributed by atoms with E-state index in [0.29, 0.717) is 0 Å². The number of anilines is 3. The van der Waals surface area contributed by atoms with Gasteiger partial charge in [-0.05, 0) is 131 Å². The quantitative estimate of drug-likeness (QED) is 0.150. The number of rotatable bonds is 7. The van der Waals surface area contributed by atoms with E-state index in [9.17, 15) is 0 Å². The number of para-hydroxylation sites is 1. The van der Waals surface area contributed by atoms with E-state index in [1.807, 2.05) is 12.1 Å². The van der Waals surface area contributed by atoms with Gasteiger partial charge in [0.2, 0.25) is 0 Å². The maximum atomic E-state index is 6.26. The van der Waals surface area contributed by atoms with Gasteiger partial charge in [0.1, 0.15) is 11.2 Å². The number of furan rings is 1. The van der Waals surface area contributed by atoms with Crippen molar-refractivity contribution in [2.45, 2.75) is 0 Å². The van der Waals surface area contributed by atoms with Crippen LogP contribution in [0.1, 0.15) is 0 Å². The van der Waals surface area contributed by atoms with E-state index in [0.717, 1.165) is 50.1 Å². The third kappa shape index (κ3) is 6.12. The number of fused-ring (bicyclic) bond motifs is 7. The van der Waals surface area contributed by atoms with Crippen molar-refractivity contribution in [2.24, 2.45) is 0 Å². The van der Waals surface area contributed by atoms with Crippen LogP contribution in [-0.4, -0.2) is 0 Å². The highest BCUT2D eigenvalue weighted by molar-refractivity contribution is 6.13. The molecule has 0 fully saturated rings. The summed E-state index contributed by atoms with van der Waals surface area (Å²) in [5, 5.41) is 9.85. The van der Waals surface area contributed by atoms with E-state index >= 15 is 0 Å². The normalized spacial score (nSPS) is 11.5. The van der Waals surface area contributed by atoms with E-state index < -0.39 is 0 Å². The smallest absolute Gasteiger partial charge is 0.136 e. The molecule has 12 rings (SSSR count). The van der Waals surface area contributed by atoms with Crippen LogP contribution in [0.3, 0.4) is 0 Å². The molecule has 0 saturated carbocycles. The minimum atomic E-state index is 0.900. The molecule has 0 aliphatic carbocycles. The molecule has 12 aromatic rings. The minimum absolute atomic E-state index is 0.900. The van der Waals surface area contributed by atoms with Gasteiger partial charge in [-0.15, -0.1) is 0 Å². The maximum Gasteiger partial charge on any atom is 0.136 e. The summed E-state index contributed by atoms with van der Waals surface area (Å²) in [6, 6.07) is 85.5. The standard InChI is InChI=1S/C60H39NO/c1-3-16-50-41(11-1)13-8-19-53(50)46-15-7-14-45(39-46)40-25-32-47(33-26-40)61(49-36-29-44(30-37-49)54-21-10-24-59-60(54)57-18-5-6-23-58(57)62-59)48-34-27-43(28-35-48)52-20-9-22-55-51-17-4-2-12-42(51)31-38-56(52)55/h1-39H. The van der Waals surface area contributed by atoms with Gasteiger partial charge in [-0.3, -0.25) is 0 Å². The first-order valence-corrected chi connectivity index (χ1v) is 21.2. The Labute approximate surface area is 360 Å². The zero-order valence-corrected chi connectivity index (χ0v) is 33.9. The molecular formula is C60H39NO. The summed E-state index contributed by atoms with van der Waals surface area (Å²) < 4.78 is 6.26. The van der Waals surface area contributed by atoms with Crippen molar-refractivity contribution < 1.29 is 4.42 Å². The topological polar surface area (TPSA) is 16.4 Å². The molecule has 2 nitrogen and oxygen atoms in total. The van der Waals surface area contributed by atoms with Crippen LogP contribution in [0.15, 0.2) is 241 Å². The third-order valence-electron chi connectivity index (χ3n) is 12.5. The molecule has 0 radical (unpaired) electrons. The molecule has 2 heteroatoms. The van der Waals surface area contributed by atoms with Gasteiger partial charge in [-0.1, -0.05) is 182 Å². The predicted molar refractivity (Wildman–Crippen MR) is 263 cm³/mol. The highest BCUT2D eigenvalue weighted by Crippen LogP contribution is 2.42. The van der Waals surface area contributed by atoms with E-state index in [1.165, 1.54) is 65.7 Å². The Morgan fingerprint density at radius 3 is 1.48 bits per heavy atom. The monoisotopic (exact) mass is 789 g/mol. The SMILES string of the molecule is c1cc(-c2ccc(N(c3ccc(-c4cccc5c4ccc4ccccc45)cc3)c3ccc(-c4cccc5oc6ccccc6c45)cc3)cc2)cc(-c2cccc3ccccc23)c1. The van der Waals surface area contributed by atoms with Gasteiger partial charge in [-0.25, -0.2) is 0 Å². The summed E-state index contributed by atoms with van der Waals surface area (Å²) in [4.78, 5) is 2.36. The van der Waals surface area contributed by atoms with Gasteiger partial charge in [0.25, 0.3) is 0 Å². The molecule has 0 aliphatic rings. The number of nitrogens with zero attached hydrogens (tertiary/aromatic N) is 1. The molecule has 0 spiro atoms. The molecule has 0 atom stereocenters. The second kappa shape index (κ2) is 14.8. The van der Waals surface area contributed by atoms with Crippen molar-refractivity contribution in [3.05, 3.63) is 237 Å². The molecule has 0 aliphatic heterocycles. The summed E-state index contributed by atoms with van der Waals surface area (Å²) in [6.45, 7) is 0. The lowest BCUT2D eigenvalue weighted by Crippen LogP contribution is -2.09. The molecule has 0 bridgehead atoms. The Morgan fingerprint density at radius 1 is 0.258 bits per heavy atom. The molecule has 0 N–H and O–H groups in total. The van der Waals surface area contributed by atoms with Gasteiger partial charge in [0.15, 0.2) is 0 Å². The second-order valence-corrected chi connectivity index (χ2v) is 16.0. The first-order valence-electron chi connectivity index (χ1n) is 21.2. The Bertz CT molecular complexity index is 3610. The molecule has 11 aromatic carbocycles. The maximum absolute atomic E-state index is 6.26. The summed E-state index contributed by atoms with van der Waals surface area (Å²) in [5.74, 6) is 0. The Balaban J connectivity index is 0.937. The molecule has 1 heterocycles. The summed E-state index contributed by atoms with van der Waals surface area (Å²) in [6.07, 6.45) is 0. The Kier molecular flexibility index (Phi) is 8.53. The van der Waals surface area contributed by atoms with Crippen LogP contribution in [0.2, 0.25) is 0 Å². The lowest BCUT2D eigenvalue weighted by molar-refractivity contribution is 0.669. The van der Waals surface area contributed by atoms with Gasteiger partial charge < -0.3 is 9.32 Å². The Morgan fingerprint density at radius 2 is 0.742 bits per heavy atom. The second-order valence-electron chi connectivity index (χ2n) is 16.0. The fraction of sp³-hybridized carbons (Fsp3) is 0. The van der Waals surface area contributed by atoms with Gasteiger partial charge in [0.05, 0.1) is 0 Å². The molecule has 290 valence electrons. The van der Waals surface area contributed by atoms with Gasteiger partial charge in [0, 0.05) is 27.8 Å². The summed E-state index contributed by atoms with van der Waals surface area (Å²) in [5.41, 5.74) is 14.6. The van der Waals surface area contributed by atoms with Crippen LogP contribution in [-0.2, 0) is 0 Å². The first-order chi connectivity index (χ1) is 30.7. The average molecular weight is 790 g/mol. The van der Waals surface area contributed by atoms with Crippen LogP contribution in [0.25, 0.3) is 98.8 Å². The number of benzene rings is 11. The van der Waals surface area contributed by atoms with Gasteiger partial charge >= 0.3 is 0 Å². The van der Waals surface area contributed by atoms with Crippen LogP contribution in [0.4, 0.5) is 17.1 Å². The fourth-order valence-corrected chi connectivity index (χ4v) is 9.48. The third-order valence-corrected chi connectivity index (χ3v) is 12.5. The predicted octanol–water partition coefficient (Wildman–Crippen LogP) is 17.2.